The topological polar surface area (TPSA) is 105 Å². The fourth-order valence-corrected chi connectivity index (χ4v) is 4.98. The quantitative estimate of drug-likeness (QED) is 0.524. The molecule has 0 radical (unpaired) electrons. The Morgan fingerprint density at radius 3 is 2.24 bits per heavy atom. The Morgan fingerprint density at radius 1 is 1.09 bits per heavy atom. The maximum Gasteiger partial charge on any atom is 0.407 e. The SMILES string of the molecule is CC(C)(C)N1CCC[C@@]1(C[C@@H](O)[C@H](Cc1ccccc1)NC(=O)OCc1ccccc1)C(N)=O. The van der Waals surface area contributed by atoms with E-state index in [-0.39, 0.29) is 18.6 Å². The maximum atomic E-state index is 12.7. The van der Waals surface area contributed by atoms with E-state index < -0.39 is 29.7 Å². The molecule has 3 rings (SSSR count). The van der Waals surface area contributed by atoms with Gasteiger partial charge in [0, 0.05) is 12.0 Å². The van der Waals surface area contributed by atoms with E-state index in [0.717, 1.165) is 24.1 Å². The van der Waals surface area contributed by atoms with Gasteiger partial charge in [-0.25, -0.2) is 4.79 Å². The zero-order valence-corrected chi connectivity index (χ0v) is 20.4. The zero-order chi connectivity index (χ0) is 24.8. The van der Waals surface area contributed by atoms with Gasteiger partial charge in [-0.15, -0.1) is 0 Å². The highest BCUT2D eigenvalue weighted by molar-refractivity contribution is 5.85. The average molecular weight is 468 g/mol. The molecule has 1 aliphatic rings. The predicted octanol–water partition coefficient (Wildman–Crippen LogP) is 3.39. The van der Waals surface area contributed by atoms with Crippen LogP contribution in [0.5, 0.6) is 0 Å². The van der Waals surface area contributed by atoms with Crippen molar-refractivity contribution in [1.82, 2.24) is 10.2 Å². The molecular formula is C27H37N3O4. The number of nitrogens with one attached hydrogen (secondary N) is 1. The molecule has 0 aliphatic carbocycles. The zero-order valence-electron chi connectivity index (χ0n) is 20.4. The highest BCUT2D eigenvalue weighted by Gasteiger charge is 2.51. The van der Waals surface area contributed by atoms with Gasteiger partial charge >= 0.3 is 6.09 Å². The molecule has 0 bridgehead atoms. The minimum atomic E-state index is -1.00. The number of amides is 2. The summed E-state index contributed by atoms with van der Waals surface area (Å²) in [6.45, 7) is 6.99. The van der Waals surface area contributed by atoms with E-state index in [9.17, 15) is 14.7 Å². The van der Waals surface area contributed by atoms with Crippen LogP contribution in [0, 0.1) is 0 Å². The first kappa shape index (κ1) is 25.7. The number of nitrogens with two attached hydrogens (primary N) is 1. The molecule has 7 heteroatoms. The lowest BCUT2D eigenvalue weighted by atomic mass is 9.83. The van der Waals surface area contributed by atoms with Crippen molar-refractivity contribution in [1.29, 1.82) is 0 Å². The number of carbonyl (C=O) groups excluding carboxylic acids is 2. The van der Waals surface area contributed by atoms with Gasteiger partial charge in [-0.2, -0.15) is 0 Å². The van der Waals surface area contributed by atoms with E-state index in [4.69, 9.17) is 10.5 Å². The first-order valence-electron chi connectivity index (χ1n) is 11.9. The van der Waals surface area contributed by atoms with Crippen LogP contribution in [0.3, 0.4) is 0 Å². The van der Waals surface area contributed by atoms with Gasteiger partial charge in [0.15, 0.2) is 0 Å². The maximum absolute atomic E-state index is 12.7. The molecule has 1 saturated heterocycles. The van der Waals surface area contributed by atoms with Crippen molar-refractivity contribution >= 4 is 12.0 Å². The van der Waals surface area contributed by atoms with Gasteiger partial charge < -0.3 is 20.9 Å². The Balaban J connectivity index is 1.77. The summed E-state index contributed by atoms with van der Waals surface area (Å²) in [5.41, 5.74) is 6.50. The second-order valence-electron chi connectivity index (χ2n) is 10.1. The number of ether oxygens (including phenoxy) is 1. The summed E-state index contributed by atoms with van der Waals surface area (Å²) in [7, 11) is 0. The van der Waals surface area contributed by atoms with Crippen LogP contribution >= 0.6 is 0 Å². The van der Waals surface area contributed by atoms with Gasteiger partial charge in [-0.1, -0.05) is 60.7 Å². The molecule has 1 fully saturated rings. The van der Waals surface area contributed by atoms with E-state index in [1.807, 2.05) is 81.4 Å². The fraction of sp³-hybridized carbons (Fsp3) is 0.481. The third kappa shape index (κ3) is 6.36. The summed E-state index contributed by atoms with van der Waals surface area (Å²) in [6, 6.07) is 18.4. The van der Waals surface area contributed by atoms with Crippen molar-refractivity contribution < 1.29 is 19.4 Å². The first-order chi connectivity index (χ1) is 16.1. The van der Waals surface area contributed by atoms with Crippen molar-refractivity contribution in [2.45, 2.75) is 76.3 Å². The Labute approximate surface area is 202 Å². The molecule has 184 valence electrons. The number of benzene rings is 2. The van der Waals surface area contributed by atoms with Crippen LogP contribution in [0.15, 0.2) is 60.7 Å². The van der Waals surface area contributed by atoms with Crippen molar-refractivity contribution in [3.8, 4) is 0 Å². The van der Waals surface area contributed by atoms with Gasteiger partial charge in [0.1, 0.15) is 12.1 Å². The van der Waals surface area contributed by atoms with E-state index >= 15 is 0 Å². The van der Waals surface area contributed by atoms with E-state index in [2.05, 4.69) is 10.2 Å². The van der Waals surface area contributed by atoms with Crippen molar-refractivity contribution in [3.63, 3.8) is 0 Å². The molecule has 2 amide bonds. The fourth-order valence-electron chi connectivity index (χ4n) is 4.98. The Morgan fingerprint density at radius 2 is 1.68 bits per heavy atom. The second-order valence-corrected chi connectivity index (χ2v) is 10.1. The number of rotatable bonds is 9. The lowest BCUT2D eigenvalue weighted by molar-refractivity contribution is -0.134. The highest BCUT2D eigenvalue weighted by Crippen LogP contribution is 2.39. The molecule has 0 aromatic heterocycles. The largest absolute Gasteiger partial charge is 0.445 e. The van der Waals surface area contributed by atoms with Crippen LogP contribution in [0.1, 0.15) is 51.2 Å². The van der Waals surface area contributed by atoms with Crippen LogP contribution < -0.4 is 11.1 Å². The van der Waals surface area contributed by atoms with Crippen LogP contribution in [-0.4, -0.2) is 51.8 Å². The van der Waals surface area contributed by atoms with Crippen molar-refractivity contribution in [2.24, 2.45) is 5.73 Å². The Bertz CT molecular complexity index is 945. The molecule has 3 atom stereocenters. The minimum absolute atomic E-state index is 0.129. The molecular weight excluding hydrogens is 430 g/mol. The third-order valence-electron chi connectivity index (χ3n) is 6.58. The van der Waals surface area contributed by atoms with Gasteiger partial charge in [-0.3, -0.25) is 9.69 Å². The molecule has 0 spiro atoms. The Kier molecular flexibility index (Phi) is 8.33. The number of nitrogens with zero attached hydrogens (tertiary/aromatic N) is 1. The van der Waals surface area contributed by atoms with Gasteiger partial charge in [0.2, 0.25) is 5.91 Å². The molecule has 2 aromatic carbocycles. The number of alkyl carbamates (subject to hydrolysis) is 1. The van der Waals surface area contributed by atoms with Crippen molar-refractivity contribution in [2.75, 3.05) is 6.54 Å². The Hall–Kier alpha value is -2.90. The number of aliphatic hydroxyl groups excluding tert-OH is 1. The predicted molar refractivity (Wildman–Crippen MR) is 132 cm³/mol. The van der Waals surface area contributed by atoms with Gasteiger partial charge in [-0.05, 0) is 57.7 Å². The highest BCUT2D eigenvalue weighted by atomic mass is 16.5. The number of carbonyl (C=O) groups is 2. The van der Waals surface area contributed by atoms with Crippen LogP contribution in [-0.2, 0) is 22.6 Å². The van der Waals surface area contributed by atoms with Gasteiger partial charge in [0.05, 0.1) is 12.1 Å². The molecule has 0 unspecified atom stereocenters. The molecule has 4 N–H and O–H groups in total. The lowest BCUT2D eigenvalue weighted by Crippen LogP contribution is -2.62. The first-order valence-corrected chi connectivity index (χ1v) is 11.9. The van der Waals surface area contributed by atoms with Crippen LogP contribution in [0.25, 0.3) is 0 Å². The summed E-state index contributed by atoms with van der Waals surface area (Å²) in [5.74, 6) is -0.441. The molecule has 1 aliphatic heterocycles. The van der Waals surface area contributed by atoms with E-state index in [1.165, 1.54) is 0 Å². The van der Waals surface area contributed by atoms with E-state index in [1.54, 1.807) is 0 Å². The van der Waals surface area contributed by atoms with Gasteiger partial charge in [0.25, 0.3) is 0 Å². The normalized spacial score (nSPS) is 20.5. The third-order valence-corrected chi connectivity index (χ3v) is 6.58. The average Bonchev–Trinajstić information content (AvgIpc) is 3.24. The number of hydrogen-bond acceptors (Lipinski definition) is 5. The summed E-state index contributed by atoms with van der Waals surface area (Å²) in [5, 5.41) is 14.2. The second kappa shape index (κ2) is 11.0. The van der Waals surface area contributed by atoms with Crippen LogP contribution in [0.4, 0.5) is 4.79 Å². The molecule has 0 saturated carbocycles. The molecule has 1 heterocycles. The van der Waals surface area contributed by atoms with Crippen LogP contribution in [0.2, 0.25) is 0 Å². The number of likely N-dealkylation sites (tertiary alicyclic amines) is 1. The minimum Gasteiger partial charge on any atom is -0.445 e. The summed E-state index contributed by atoms with van der Waals surface area (Å²) in [6.07, 6.45) is 0.315. The molecule has 34 heavy (non-hydrogen) atoms. The van der Waals surface area contributed by atoms with E-state index in [0.29, 0.717) is 12.8 Å². The number of hydrogen-bond donors (Lipinski definition) is 3. The lowest BCUT2D eigenvalue weighted by Gasteiger charge is -2.45. The monoisotopic (exact) mass is 467 g/mol. The molecule has 7 nitrogen and oxygen atoms in total. The van der Waals surface area contributed by atoms with Crippen molar-refractivity contribution in [3.05, 3.63) is 71.8 Å². The smallest absolute Gasteiger partial charge is 0.407 e. The summed E-state index contributed by atoms with van der Waals surface area (Å²) in [4.78, 5) is 27.5. The number of primary amides is 1. The standard InChI is InChI=1S/C27H37N3O4/c1-26(2,3)30-16-10-15-27(30,24(28)32)18-23(31)22(17-20-11-6-4-7-12-20)29-25(33)34-19-21-13-8-5-9-14-21/h4-9,11-14,22-23,31H,10,15-19H2,1-3H3,(H2,28,32)(H,29,33)/t22-,23+,27+/m0/s1. The summed E-state index contributed by atoms with van der Waals surface area (Å²) >= 11 is 0. The number of aliphatic hydroxyl groups is 1. The molecule has 2 aromatic rings. The summed E-state index contributed by atoms with van der Waals surface area (Å²) < 4.78 is 5.40.